The Morgan fingerprint density at radius 2 is 1.90 bits per heavy atom. The fourth-order valence-corrected chi connectivity index (χ4v) is 2.80. The number of ether oxygens (including phenoxy) is 1. The van der Waals surface area contributed by atoms with Crippen molar-refractivity contribution >= 4 is 22.7 Å². The van der Waals surface area contributed by atoms with Gasteiger partial charge in [0.15, 0.2) is 5.65 Å². The Kier molecular flexibility index (Phi) is 4.90. The highest BCUT2D eigenvalue weighted by Crippen LogP contribution is 2.15. The van der Waals surface area contributed by atoms with Crippen molar-refractivity contribution in [3.8, 4) is 5.88 Å². The number of pyridine rings is 3. The smallest absolute Gasteiger partial charge is 0.341 e. The van der Waals surface area contributed by atoms with Gasteiger partial charge < -0.3 is 9.84 Å². The van der Waals surface area contributed by atoms with Crippen LogP contribution in [-0.4, -0.2) is 25.7 Å². The number of nitrogens with zero attached hydrogens (tertiary/aromatic N) is 3. The molecule has 0 fully saturated rings. The van der Waals surface area contributed by atoms with Crippen molar-refractivity contribution in [2.24, 2.45) is 0 Å². The largest absolute Gasteiger partial charge is 0.477 e. The lowest BCUT2D eigenvalue weighted by Crippen LogP contribution is -2.22. The fraction of sp³-hybridized carbons (Fsp3) is 0.0476. The quantitative estimate of drug-likeness (QED) is 0.523. The lowest BCUT2D eigenvalue weighted by Gasteiger charge is -2.14. The number of nitrogens with one attached hydrogen (secondary N) is 1. The number of hydrogen-bond acceptors (Lipinski definition) is 6. The van der Waals surface area contributed by atoms with Gasteiger partial charge in [0, 0.05) is 18.5 Å². The predicted octanol–water partition coefficient (Wildman–Crippen LogP) is 2.94. The van der Waals surface area contributed by atoms with Crippen molar-refractivity contribution in [2.45, 2.75) is 6.61 Å². The zero-order valence-corrected chi connectivity index (χ0v) is 15.1. The maximum atomic E-state index is 12.3. The topological polar surface area (TPSA) is 106 Å². The van der Waals surface area contributed by atoms with Crippen LogP contribution >= 0.6 is 0 Å². The minimum absolute atomic E-state index is 0.204. The van der Waals surface area contributed by atoms with Crippen LogP contribution in [0.1, 0.15) is 15.9 Å². The molecule has 0 saturated carbocycles. The third-order valence-corrected chi connectivity index (χ3v) is 4.21. The molecule has 0 bridgehead atoms. The summed E-state index contributed by atoms with van der Waals surface area (Å²) < 4.78 is 7.05. The third kappa shape index (κ3) is 3.91. The van der Waals surface area contributed by atoms with E-state index in [2.05, 4.69) is 15.4 Å². The van der Waals surface area contributed by atoms with Crippen LogP contribution in [0.4, 0.5) is 5.69 Å². The van der Waals surface area contributed by atoms with E-state index in [4.69, 9.17) is 4.74 Å². The Hall–Kier alpha value is -4.20. The molecule has 4 aromatic rings. The van der Waals surface area contributed by atoms with Gasteiger partial charge in [-0.3, -0.25) is 10.2 Å². The van der Waals surface area contributed by atoms with Crippen molar-refractivity contribution in [1.29, 1.82) is 0 Å². The molecule has 2 N–H and O–H groups in total. The van der Waals surface area contributed by atoms with E-state index in [0.717, 1.165) is 5.56 Å². The Morgan fingerprint density at radius 1 is 1.07 bits per heavy atom. The van der Waals surface area contributed by atoms with Gasteiger partial charge in [-0.25, -0.2) is 19.4 Å². The number of benzene rings is 1. The van der Waals surface area contributed by atoms with Gasteiger partial charge in [0.2, 0.25) is 11.3 Å². The molecule has 0 spiro atoms. The van der Waals surface area contributed by atoms with Gasteiger partial charge in [-0.2, -0.15) is 0 Å². The summed E-state index contributed by atoms with van der Waals surface area (Å²) in [6.45, 7) is 0.400. The third-order valence-electron chi connectivity index (χ3n) is 4.21. The molecular weight excluding hydrogens is 372 g/mol. The summed E-state index contributed by atoms with van der Waals surface area (Å²) in [5, 5.41) is 9.52. The number of hydrogen-bond donors (Lipinski definition) is 2. The lowest BCUT2D eigenvalue weighted by atomic mass is 10.2. The molecule has 0 atom stereocenters. The molecule has 0 amide bonds. The van der Waals surface area contributed by atoms with E-state index in [1.54, 1.807) is 24.4 Å². The first-order chi connectivity index (χ1) is 14.1. The second-order valence-electron chi connectivity index (χ2n) is 6.19. The molecule has 8 nitrogen and oxygen atoms in total. The molecule has 3 aromatic heterocycles. The molecule has 8 heteroatoms. The van der Waals surface area contributed by atoms with E-state index < -0.39 is 11.4 Å². The zero-order chi connectivity index (χ0) is 20.2. The second kappa shape index (κ2) is 7.81. The Morgan fingerprint density at radius 3 is 2.62 bits per heavy atom. The summed E-state index contributed by atoms with van der Waals surface area (Å²) in [6, 6.07) is 16.3. The molecule has 0 saturated heterocycles. The molecule has 1 aromatic carbocycles. The number of rotatable bonds is 6. The molecule has 0 aliphatic rings. The summed E-state index contributed by atoms with van der Waals surface area (Å²) in [4.78, 5) is 32.2. The number of aromatic carboxylic acids is 1. The number of anilines is 1. The van der Waals surface area contributed by atoms with Gasteiger partial charge in [-0.1, -0.05) is 30.3 Å². The molecule has 4 rings (SSSR count). The summed E-state index contributed by atoms with van der Waals surface area (Å²) in [5.74, 6) is -0.854. The van der Waals surface area contributed by atoms with Gasteiger partial charge in [-0.15, -0.1) is 0 Å². The number of fused-ring (bicyclic) bond motifs is 1. The molecule has 0 radical (unpaired) electrons. The molecule has 0 aliphatic heterocycles. The summed E-state index contributed by atoms with van der Waals surface area (Å²) >= 11 is 0. The van der Waals surface area contributed by atoms with Gasteiger partial charge in [-0.05, 0) is 23.8 Å². The monoisotopic (exact) mass is 388 g/mol. The summed E-state index contributed by atoms with van der Waals surface area (Å²) in [5.41, 5.74) is 3.99. The average Bonchev–Trinajstić information content (AvgIpc) is 2.76. The molecule has 0 aliphatic carbocycles. The maximum absolute atomic E-state index is 12.3. The van der Waals surface area contributed by atoms with Crippen molar-refractivity contribution in [3.05, 3.63) is 94.5 Å². The SMILES string of the molecule is O=C(O)c1cn(Nc2ccc(OCc3ccccc3)nc2)c2ncccc2c1=O. The first kappa shape index (κ1) is 18.2. The molecular formula is C21H16N4O4. The normalized spacial score (nSPS) is 10.6. The Balaban J connectivity index is 1.58. The van der Waals surface area contributed by atoms with Crippen LogP contribution < -0.4 is 15.6 Å². The summed E-state index contributed by atoms with van der Waals surface area (Å²) in [6.07, 6.45) is 4.28. The fourth-order valence-electron chi connectivity index (χ4n) is 2.80. The Bertz CT molecular complexity index is 1220. The summed E-state index contributed by atoms with van der Waals surface area (Å²) in [7, 11) is 0. The van der Waals surface area contributed by atoms with Crippen LogP contribution in [0.15, 0.2) is 78.0 Å². The second-order valence-corrected chi connectivity index (χ2v) is 6.19. The predicted molar refractivity (Wildman–Crippen MR) is 107 cm³/mol. The number of carboxylic acid groups (broad SMARTS) is 1. The highest BCUT2D eigenvalue weighted by molar-refractivity contribution is 5.91. The Labute approximate surface area is 165 Å². The van der Waals surface area contributed by atoms with E-state index in [9.17, 15) is 14.7 Å². The maximum Gasteiger partial charge on any atom is 0.341 e. The van der Waals surface area contributed by atoms with Crippen LogP contribution in [0.25, 0.3) is 11.0 Å². The van der Waals surface area contributed by atoms with Crippen molar-refractivity contribution < 1.29 is 14.6 Å². The highest BCUT2D eigenvalue weighted by atomic mass is 16.5. The van der Waals surface area contributed by atoms with Gasteiger partial charge >= 0.3 is 5.97 Å². The van der Waals surface area contributed by atoms with Crippen molar-refractivity contribution in [1.82, 2.24) is 14.6 Å². The molecule has 144 valence electrons. The lowest BCUT2D eigenvalue weighted by molar-refractivity contribution is 0.0695. The molecule has 3 heterocycles. The standard InChI is InChI=1S/C21H16N4O4/c26-19-16-7-4-10-22-20(16)25(12-17(19)21(27)28)24-15-8-9-18(23-11-15)29-13-14-5-2-1-3-6-14/h1-12,24H,13H2,(H,27,28). The van der Waals surface area contributed by atoms with E-state index in [1.807, 2.05) is 30.3 Å². The number of aromatic nitrogens is 3. The first-order valence-electron chi connectivity index (χ1n) is 8.75. The number of carboxylic acids is 1. The van der Waals surface area contributed by atoms with Gasteiger partial charge in [0.05, 0.1) is 17.3 Å². The highest BCUT2D eigenvalue weighted by Gasteiger charge is 2.15. The number of carbonyl (C=O) groups is 1. The van der Waals surface area contributed by atoms with Crippen LogP contribution in [0.3, 0.4) is 0 Å². The van der Waals surface area contributed by atoms with E-state index >= 15 is 0 Å². The zero-order valence-electron chi connectivity index (χ0n) is 15.1. The van der Waals surface area contributed by atoms with Crippen LogP contribution in [0.5, 0.6) is 5.88 Å². The molecule has 29 heavy (non-hydrogen) atoms. The van der Waals surface area contributed by atoms with Crippen molar-refractivity contribution in [2.75, 3.05) is 5.43 Å². The molecule has 0 unspecified atom stereocenters. The van der Waals surface area contributed by atoms with Crippen LogP contribution in [0, 0.1) is 0 Å². The first-order valence-corrected chi connectivity index (χ1v) is 8.75. The minimum Gasteiger partial charge on any atom is -0.477 e. The van der Waals surface area contributed by atoms with Crippen LogP contribution in [0.2, 0.25) is 0 Å². The average molecular weight is 388 g/mol. The van der Waals surface area contributed by atoms with E-state index in [-0.39, 0.29) is 10.9 Å². The van der Waals surface area contributed by atoms with Gasteiger partial charge in [0.1, 0.15) is 12.2 Å². The van der Waals surface area contributed by atoms with Crippen LogP contribution in [-0.2, 0) is 6.61 Å². The van der Waals surface area contributed by atoms with E-state index in [0.29, 0.717) is 23.8 Å². The van der Waals surface area contributed by atoms with E-state index in [1.165, 1.54) is 23.1 Å². The van der Waals surface area contributed by atoms with Crippen molar-refractivity contribution in [3.63, 3.8) is 0 Å². The van der Waals surface area contributed by atoms with Gasteiger partial charge in [0.25, 0.3) is 0 Å². The minimum atomic E-state index is -1.31.